The molecule has 0 fully saturated rings. The maximum absolute atomic E-state index is 13.3. The van der Waals surface area contributed by atoms with Crippen molar-refractivity contribution >= 4 is 23.2 Å². The molecule has 3 aromatic rings. The lowest BCUT2D eigenvalue weighted by Gasteiger charge is -2.30. The molecule has 0 bridgehead atoms. The number of nitrogens with one attached hydrogen (secondary N) is 1. The Labute approximate surface area is 175 Å². The number of hydrogen-bond donors (Lipinski definition) is 1. The van der Waals surface area contributed by atoms with Crippen molar-refractivity contribution in [3.8, 4) is 5.69 Å². The monoisotopic (exact) mass is 426 g/mol. The minimum absolute atomic E-state index is 0.0518. The van der Waals surface area contributed by atoms with E-state index in [0.29, 0.717) is 35.5 Å². The highest BCUT2D eigenvalue weighted by molar-refractivity contribution is 7.09. The van der Waals surface area contributed by atoms with Gasteiger partial charge in [-0.2, -0.15) is 0 Å². The summed E-state index contributed by atoms with van der Waals surface area (Å²) >= 11 is 1.41. The third-order valence-electron chi connectivity index (χ3n) is 5.08. The summed E-state index contributed by atoms with van der Waals surface area (Å²) in [4.78, 5) is 44.4. The van der Waals surface area contributed by atoms with Crippen LogP contribution in [0.15, 0.2) is 40.6 Å². The molecule has 154 valence electrons. The van der Waals surface area contributed by atoms with E-state index in [9.17, 15) is 18.8 Å². The van der Waals surface area contributed by atoms with Crippen LogP contribution in [-0.4, -0.2) is 39.9 Å². The van der Waals surface area contributed by atoms with Crippen molar-refractivity contribution in [2.45, 2.75) is 19.9 Å². The summed E-state index contributed by atoms with van der Waals surface area (Å²) in [7, 11) is 1.46. The highest BCUT2D eigenvalue weighted by Gasteiger charge is 2.29. The van der Waals surface area contributed by atoms with Gasteiger partial charge in [0.05, 0.1) is 5.01 Å². The molecule has 1 N–H and O–H groups in total. The molecule has 30 heavy (non-hydrogen) atoms. The fourth-order valence-corrected chi connectivity index (χ4v) is 4.19. The van der Waals surface area contributed by atoms with Crippen molar-refractivity contribution in [2.24, 2.45) is 0 Å². The van der Waals surface area contributed by atoms with Crippen LogP contribution in [0.4, 0.5) is 4.39 Å². The van der Waals surface area contributed by atoms with Gasteiger partial charge in [-0.1, -0.05) is 0 Å². The summed E-state index contributed by atoms with van der Waals surface area (Å²) < 4.78 is 14.7. The first-order chi connectivity index (χ1) is 14.4. The quantitative estimate of drug-likeness (QED) is 0.697. The third kappa shape index (κ3) is 3.52. The molecule has 4 rings (SSSR count). The van der Waals surface area contributed by atoms with E-state index in [1.807, 2.05) is 6.92 Å². The number of thiazole rings is 1. The molecule has 1 aromatic carbocycles. The lowest BCUT2D eigenvalue weighted by atomic mass is 9.95. The zero-order valence-corrected chi connectivity index (χ0v) is 17.3. The molecular formula is C21H19FN4O3S. The smallest absolute Gasteiger partial charge is 0.273 e. The normalized spacial score (nSPS) is 13.1. The molecule has 2 aromatic heterocycles. The van der Waals surface area contributed by atoms with Crippen LogP contribution >= 0.6 is 11.3 Å². The standard InChI is InChI=1S/C21H19FN4O3S/c1-12-24-17(11-30-12)20(28)25-8-7-16-13(9-25)10-26(15-5-3-14(22)4-6-15)21(29)18(16)19(27)23-2/h3-6,10-11H,7-9H2,1-2H3,(H,23,27). The van der Waals surface area contributed by atoms with Crippen molar-refractivity contribution in [1.29, 1.82) is 0 Å². The van der Waals surface area contributed by atoms with Crippen LogP contribution in [0, 0.1) is 12.7 Å². The second-order valence-corrected chi connectivity index (χ2v) is 8.03. The lowest BCUT2D eigenvalue weighted by molar-refractivity contribution is 0.0728. The molecule has 9 heteroatoms. The Bertz CT molecular complexity index is 1200. The molecule has 0 saturated heterocycles. The van der Waals surface area contributed by atoms with Gasteiger partial charge in [0, 0.05) is 37.4 Å². The molecule has 0 spiro atoms. The topological polar surface area (TPSA) is 84.3 Å². The van der Waals surface area contributed by atoms with Crippen LogP contribution in [0.3, 0.4) is 0 Å². The van der Waals surface area contributed by atoms with Gasteiger partial charge in [-0.3, -0.25) is 19.0 Å². The number of carbonyl (C=O) groups is 2. The maximum atomic E-state index is 13.3. The maximum Gasteiger partial charge on any atom is 0.273 e. The average Bonchev–Trinajstić information content (AvgIpc) is 3.19. The van der Waals surface area contributed by atoms with E-state index in [1.54, 1.807) is 16.5 Å². The van der Waals surface area contributed by atoms with Gasteiger partial charge in [0.2, 0.25) is 0 Å². The minimum atomic E-state index is -0.484. The Morgan fingerprint density at radius 1 is 1.23 bits per heavy atom. The minimum Gasteiger partial charge on any atom is -0.355 e. The second-order valence-electron chi connectivity index (χ2n) is 6.97. The van der Waals surface area contributed by atoms with Crippen molar-refractivity contribution in [3.63, 3.8) is 0 Å². The van der Waals surface area contributed by atoms with Crippen molar-refractivity contribution in [1.82, 2.24) is 19.8 Å². The van der Waals surface area contributed by atoms with Crippen LogP contribution in [-0.2, 0) is 13.0 Å². The summed E-state index contributed by atoms with van der Waals surface area (Å²) in [5.74, 6) is -1.10. The second kappa shape index (κ2) is 7.83. The Hall–Kier alpha value is -3.33. The Morgan fingerprint density at radius 2 is 1.97 bits per heavy atom. The van der Waals surface area contributed by atoms with Crippen molar-refractivity contribution in [3.05, 3.63) is 79.4 Å². The van der Waals surface area contributed by atoms with Gasteiger partial charge in [0.15, 0.2) is 0 Å². The highest BCUT2D eigenvalue weighted by atomic mass is 32.1. The SMILES string of the molecule is CNC(=O)c1c2c(cn(-c3ccc(F)cc3)c1=O)CN(C(=O)c1csc(C)n1)CC2. The fourth-order valence-electron chi connectivity index (χ4n) is 3.61. The fraction of sp³-hybridized carbons (Fsp3) is 0.238. The van der Waals surface area contributed by atoms with Crippen LogP contribution in [0.2, 0.25) is 0 Å². The van der Waals surface area contributed by atoms with E-state index in [2.05, 4.69) is 10.3 Å². The first-order valence-corrected chi connectivity index (χ1v) is 10.2. The molecule has 7 nitrogen and oxygen atoms in total. The van der Waals surface area contributed by atoms with Gasteiger partial charge in [0.25, 0.3) is 17.4 Å². The number of nitrogens with zero attached hydrogens (tertiary/aromatic N) is 3. The molecule has 3 heterocycles. The number of hydrogen-bond acceptors (Lipinski definition) is 5. The summed E-state index contributed by atoms with van der Waals surface area (Å²) in [5.41, 5.74) is 1.73. The van der Waals surface area contributed by atoms with Crippen molar-refractivity contribution in [2.75, 3.05) is 13.6 Å². The largest absolute Gasteiger partial charge is 0.355 e. The number of halogens is 1. The van der Waals surface area contributed by atoms with Gasteiger partial charge in [-0.15, -0.1) is 11.3 Å². The number of benzene rings is 1. The highest BCUT2D eigenvalue weighted by Crippen LogP contribution is 2.24. The summed E-state index contributed by atoms with van der Waals surface area (Å²) in [5, 5.41) is 5.05. The molecule has 0 radical (unpaired) electrons. The summed E-state index contributed by atoms with van der Waals surface area (Å²) in [6, 6.07) is 5.45. The predicted octanol–water partition coefficient (Wildman–Crippen LogP) is 2.30. The van der Waals surface area contributed by atoms with Crippen LogP contribution in [0.25, 0.3) is 5.69 Å². The van der Waals surface area contributed by atoms with Gasteiger partial charge in [-0.05, 0) is 48.7 Å². The molecule has 1 aliphatic heterocycles. The first-order valence-electron chi connectivity index (χ1n) is 9.36. The van der Waals surface area contributed by atoms with Gasteiger partial charge < -0.3 is 10.2 Å². The summed E-state index contributed by atoms with van der Waals surface area (Å²) in [6.45, 7) is 2.46. The first kappa shape index (κ1) is 20.0. The van der Waals surface area contributed by atoms with E-state index in [1.165, 1.54) is 47.2 Å². The molecule has 0 saturated carbocycles. The number of amides is 2. The van der Waals surface area contributed by atoms with E-state index in [0.717, 1.165) is 5.01 Å². The van der Waals surface area contributed by atoms with Gasteiger partial charge in [0.1, 0.15) is 17.1 Å². The third-order valence-corrected chi connectivity index (χ3v) is 5.86. The zero-order chi connectivity index (χ0) is 21.4. The number of carbonyl (C=O) groups excluding carboxylic acids is 2. The molecule has 0 atom stereocenters. The number of pyridine rings is 1. The summed E-state index contributed by atoms with van der Waals surface area (Å²) in [6.07, 6.45) is 2.01. The average molecular weight is 426 g/mol. The lowest BCUT2D eigenvalue weighted by Crippen LogP contribution is -2.40. The Morgan fingerprint density at radius 3 is 2.60 bits per heavy atom. The van der Waals surface area contributed by atoms with Gasteiger partial charge >= 0.3 is 0 Å². The molecule has 1 aliphatic rings. The molecular weight excluding hydrogens is 407 g/mol. The van der Waals surface area contributed by atoms with Crippen LogP contribution < -0.4 is 10.9 Å². The molecule has 0 unspecified atom stereocenters. The van der Waals surface area contributed by atoms with E-state index < -0.39 is 17.3 Å². The Kier molecular flexibility index (Phi) is 5.21. The van der Waals surface area contributed by atoms with E-state index in [4.69, 9.17) is 0 Å². The Balaban J connectivity index is 1.80. The van der Waals surface area contributed by atoms with Crippen LogP contribution in [0.1, 0.15) is 37.0 Å². The van der Waals surface area contributed by atoms with E-state index in [-0.39, 0.29) is 18.0 Å². The number of fused-ring (bicyclic) bond motifs is 1. The zero-order valence-electron chi connectivity index (χ0n) is 16.4. The number of aryl methyl sites for hydroxylation is 1. The van der Waals surface area contributed by atoms with Gasteiger partial charge in [-0.25, -0.2) is 9.37 Å². The number of aromatic nitrogens is 2. The predicted molar refractivity (Wildman–Crippen MR) is 111 cm³/mol. The molecule has 0 aliphatic carbocycles. The molecule has 2 amide bonds. The van der Waals surface area contributed by atoms with E-state index >= 15 is 0 Å². The van der Waals surface area contributed by atoms with Crippen molar-refractivity contribution < 1.29 is 14.0 Å². The van der Waals surface area contributed by atoms with Crippen LogP contribution in [0.5, 0.6) is 0 Å². The number of rotatable bonds is 3.